The van der Waals surface area contributed by atoms with E-state index in [0.717, 1.165) is 21.8 Å². The molecule has 29 heavy (non-hydrogen) atoms. The molecule has 0 radical (unpaired) electrons. The SMILES string of the molecule is CCOc1ccccc1C1CC(=O)Nc2c1sc(C(=O)O)c2-c1ccc(F)cc1. The Kier molecular flexibility index (Phi) is 5.07. The number of amides is 1. The number of hydrogen-bond acceptors (Lipinski definition) is 4. The van der Waals surface area contributed by atoms with Crippen LogP contribution in [-0.4, -0.2) is 23.6 Å². The van der Waals surface area contributed by atoms with Crippen LogP contribution >= 0.6 is 11.3 Å². The zero-order valence-corrected chi connectivity index (χ0v) is 16.4. The van der Waals surface area contributed by atoms with Crippen LogP contribution in [0.3, 0.4) is 0 Å². The Hall–Kier alpha value is -3.19. The largest absolute Gasteiger partial charge is 0.494 e. The fourth-order valence-corrected chi connectivity index (χ4v) is 4.87. The van der Waals surface area contributed by atoms with Crippen molar-refractivity contribution < 1.29 is 23.8 Å². The van der Waals surface area contributed by atoms with E-state index in [0.29, 0.717) is 29.2 Å². The summed E-state index contributed by atoms with van der Waals surface area (Å²) in [6.45, 7) is 2.37. The van der Waals surface area contributed by atoms with Crippen molar-refractivity contribution >= 4 is 28.9 Å². The van der Waals surface area contributed by atoms with E-state index < -0.39 is 11.8 Å². The third-order valence-corrected chi connectivity index (χ3v) is 6.12. The molecule has 2 aromatic carbocycles. The number of nitrogens with one attached hydrogen (secondary N) is 1. The van der Waals surface area contributed by atoms with Crippen LogP contribution < -0.4 is 10.1 Å². The molecule has 0 aliphatic carbocycles. The highest BCUT2D eigenvalue weighted by molar-refractivity contribution is 7.15. The minimum atomic E-state index is -1.09. The summed E-state index contributed by atoms with van der Waals surface area (Å²) in [5.74, 6) is -1.35. The number of thiophene rings is 1. The summed E-state index contributed by atoms with van der Waals surface area (Å²) in [4.78, 5) is 25.4. The van der Waals surface area contributed by atoms with Crippen molar-refractivity contribution in [3.63, 3.8) is 0 Å². The molecule has 0 saturated carbocycles. The molecule has 1 aliphatic heterocycles. The van der Waals surface area contributed by atoms with E-state index in [1.165, 1.54) is 24.3 Å². The molecule has 4 rings (SSSR count). The molecule has 1 unspecified atom stereocenters. The smallest absolute Gasteiger partial charge is 0.346 e. The molecule has 5 nitrogen and oxygen atoms in total. The van der Waals surface area contributed by atoms with Crippen LogP contribution in [0.5, 0.6) is 5.75 Å². The molecule has 1 amide bonds. The topological polar surface area (TPSA) is 75.6 Å². The van der Waals surface area contributed by atoms with Crippen LogP contribution in [0.25, 0.3) is 11.1 Å². The highest BCUT2D eigenvalue weighted by Crippen LogP contribution is 2.50. The summed E-state index contributed by atoms with van der Waals surface area (Å²) in [6.07, 6.45) is 0.194. The number of para-hydroxylation sites is 1. The maximum absolute atomic E-state index is 13.4. The lowest BCUT2D eigenvalue weighted by Gasteiger charge is -2.25. The number of carboxylic acid groups (broad SMARTS) is 1. The maximum Gasteiger partial charge on any atom is 0.346 e. The number of carbonyl (C=O) groups excluding carboxylic acids is 1. The van der Waals surface area contributed by atoms with E-state index in [2.05, 4.69) is 5.32 Å². The van der Waals surface area contributed by atoms with Gasteiger partial charge in [0.25, 0.3) is 0 Å². The second-order valence-corrected chi connectivity index (χ2v) is 7.69. The van der Waals surface area contributed by atoms with Gasteiger partial charge in [0.1, 0.15) is 16.4 Å². The summed E-state index contributed by atoms with van der Waals surface area (Å²) in [6, 6.07) is 13.1. The molecule has 1 aliphatic rings. The number of fused-ring (bicyclic) bond motifs is 1. The third-order valence-electron chi connectivity index (χ3n) is 4.83. The Morgan fingerprint density at radius 2 is 1.97 bits per heavy atom. The first-order valence-electron chi connectivity index (χ1n) is 9.17. The Morgan fingerprint density at radius 1 is 1.24 bits per heavy atom. The van der Waals surface area contributed by atoms with Crippen LogP contribution in [-0.2, 0) is 4.79 Å². The quantitative estimate of drug-likeness (QED) is 0.611. The van der Waals surface area contributed by atoms with Gasteiger partial charge in [-0.05, 0) is 30.7 Å². The summed E-state index contributed by atoms with van der Waals surface area (Å²) in [5, 5.41) is 12.6. The average molecular weight is 411 g/mol. The highest BCUT2D eigenvalue weighted by atomic mass is 32.1. The van der Waals surface area contributed by atoms with Gasteiger partial charge < -0.3 is 15.2 Å². The number of hydrogen-bond donors (Lipinski definition) is 2. The van der Waals surface area contributed by atoms with Crippen molar-refractivity contribution in [3.8, 4) is 16.9 Å². The van der Waals surface area contributed by atoms with Crippen molar-refractivity contribution in [1.82, 2.24) is 0 Å². The molecule has 2 N–H and O–H groups in total. The van der Waals surface area contributed by atoms with E-state index in [-0.39, 0.29) is 23.1 Å². The monoisotopic (exact) mass is 411 g/mol. The zero-order valence-electron chi connectivity index (χ0n) is 15.6. The van der Waals surface area contributed by atoms with Crippen LogP contribution in [0, 0.1) is 5.82 Å². The lowest BCUT2D eigenvalue weighted by Crippen LogP contribution is -2.22. The Morgan fingerprint density at radius 3 is 2.66 bits per heavy atom. The van der Waals surface area contributed by atoms with Crippen LogP contribution in [0.4, 0.5) is 10.1 Å². The van der Waals surface area contributed by atoms with Gasteiger partial charge >= 0.3 is 5.97 Å². The number of carbonyl (C=O) groups is 2. The molecular formula is C22H18FNO4S. The van der Waals surface area contributed by atoms with Crippen LogP contribution in [0.15, 0.2) is 48.5 Å². The molecule has 0 fully saturated rings. The van der Waals surface area contributed by atoms with Crippen LogP contribution in [0.2, 0.25) is 0 Å². The predicted octanol–water partition coefficient (Wildman–Crippen LogP) is 5.13. The number of anilines is 1. The average Bonchev–Trinajstić information content (AvgIpc) is 3.08. The standard InChI is InChI=1S/C22H18FNO4S/c1-2-28-16-6-4-3-5-14(16)15-11-17(25)24-19-18(12-7-9-13(23)10-8-12)21(22(26)27)29-20(15)19/h3-10,15H,2,11H2,1H3,(H,24,25)(H,26,27). The van der Waals surface area contributed by atoms with Crippen molar-refractivity contribution in [3.05, 3.63) is 69.7 Å². The fraction of sp³-hybridized carbons (Fsp3) is 0.182. The molecular weight excluding hydrogens is 393 g/mol. The lowest BCUT2D eigenvalue weighted by atomic mass is 9.88. The van der Waals surface area contributed by atoms with Gasteiger partial charge in [-0.25, -0.2) is 9.18 Å². The summed E-state index contributed by atoms with van der Waals surface area (Å²) in [7, 11) is 0. The molecule has 0 bridgehead atoms. The summed E-state index contributed by atoms with van der Waals surface area (Å²) < 4.78 is 19.1. The normalized spacial score (nSPS) is 15.5. The highest BCUT2D eigenvalue weighted by Gasteiger charge is 2.35. The molecule has 0 spiro atoms. The van der Waals surface area contributed by atoms with Gasteiger partial charge in [0.15, 0.2) is 0 Å². The molecule has 1 aromatic heterocycles. The van der Waals surface area contributed by atoms with Crippen molar-refractivity contribution in [2.45, 2.75) is 19.3 Å². The van der Waals surface area contributed by atoms with Crippen LogP contribution in [0.1, 0.15) is 39.4 Å². The fourth-order valence-electron chi connectivity index (χ4n) is 3.64. The van der Waals surface area contributed by atoms with Gasteiger partial charge in [-0.15, -0.1) is 11.3 Å². The number of rotatable bonds is 5. The second kappa shape index (κ2) is 7.67. The minimum absolute atomic E-state index is 0.114. The Balaban J connectivity index is 1.92. The number of ether oxygens (including phenoxy) is 1. The van der Waals surface area contributed by atoms with Crippen molar-refractivity contribution in [1.29, 1.82) is 0 Å². The van der Waals surface area contributed by atoms with Gasteiger partial charge in [-0.1, -0.05) is 30.3 Å². The van der Waals surface area contributed by atoms with E-state index in [9.17, 15) is 19.1 Å². The zero-order chi connectivity index (χ0) is 20.5. The first-order valence-corrected chi connectivity index (χ1v) is 9.98. The number of carboxylic acids is 1. The molecule has 7 heteroatoms. The predicted molar refractivity (Wildman–Crippen MR) is 109 cm³/mol. The number of aromatic carboxylic acids is 1. The van der Waals surface area contributed by atoms with Gasteiger partial charge in [0.05, 0.1) is 12.3 Å². The van der Waals surface area contributed by atoms with E-state index >= 15 is 0 Å². The van der Waals surface area contributed by atoms with Gasteiger partial charge in [-0.3, -0.25) is 4.79 Å². The van der Waals surface area contributed by atoms with Gasteiger partial charge in [-0.2, -0.15) is 0 Å². The molecule has 148 valence electrons. The van der Waals surface area contributed by atoms with Gasteiger partial charge in [0.2, 0.25) is 5.91 Å². The molecule has 1 atom stereocenters. The third kappa shape index (κ3) is 3.49. The maximum atomic E-state index is 13.4. The molecule has 3 aromatic rings. The second-order valence-electron chi connectivity index (χ2n) is 6.63. The minimum Gasteiger partial charge on any atom is -0.494 e. The first-order chi connectivity index (χ1) is 14.0. The summed E-state index contributed by atoms with van der Waals surface area (Å²) >= 11 is 1.14. The number of halogens is 1. The lowest BCUT2D eigenvalue weighted by molar-refractivity contribution is -0.116. The van der Waals surface area contributed by atoms with Crippen molar-refractivity contribution in [2.75, 3.05) is 11.9 Å². The Labute approximate surface area is 170 Å². The molecule has 2 heterocycles. The van der Waals surface area contributed by atoms with Crippen molar-refractivity contribution in [2.24, 2.45) is 0 Å². The van der Waals surface area contributed by atoms with E-state index in [4.69, 9.17) is 4.74 Å². The Bertz CT molecular complexity index is 1090. The summed E-state index contributed by atoms with van der Waals surface area (Å²) in [5.41, 5.74) is 2.27. The van der Waals surface area contributed by atoms with E-state index in [1.54, 1.807) is 0 Å². The van der Waals surface area contributed by atoms with Gasteiger partial charge in [0, 0.05) is 28.3 Å². The first kappa shape index (κ1) is 19.1. The van der Waals surface area contributed by atoms with E-state index in [1.807, 2.05) is 31.2 Å². The number of benzene rings is 2. The molecule has 0 saturated heterocycles.